The molecule has 0 saturated carbocycles. The van der Waals surface area contributed by atoms with Crippen LogP contribution < -0.4 is 0 Å². The molecule has 26 heavy (non-hydrogen) atoms. The fraction of sp³-hybridized carbons (Fsp3) is 0.0800. The third-order valence-electron chi connectivity index (χ3n) is 4.85. The van der Waals surface area contributed by atoms with E-state index >= 15 is 0 Å². The Morgan fingerprint density at radius 3 is 1.92 bits per heavy atom. The highest BCUT2D eigenvalue weighted by Gasteiger charge is 2.09. The van der Waals surface area contributed by atoms with E-state index < -0.39 is 0 Å². The van der Waals surface area contributed by atoms with Gasteiger partial charge < -0.3 is 0 Å². The summed E-state index contributed by atoms with van der Waals surface area (Å²) in [4.78, 5) is 4.73. The van der Waals surface area contributed by atoms with Gasteiger partial charge in [-0.1, -0.05) is 91.9 Å². The van der Waals surface area contributed by atoms with Crippen LogP contribution in [0.5, 0.6) is 0 Å². The molecule has 0 radical (unpaired) electrons. The molecule has 126 valence electrons. The van der Waals surface area contributed by atoms with Crippen LogP contribution in [0.4, 0.5) is 0 Å². The monoisotopic (exact) mass is 335 g/mol. The molecule has 3 aromatic carbocycles. The van der Waals surface area contributed by atoms with E-state index in [0.717, 1.165) is 11.3 Å². The molecule has 1 unspecified atom stereocenters. The first-order valence-electron chi connectivity index (χ1n) is 8.98. The molecule has 0 aliphatic carbocycles. The van der Waals surface area contributed by atoms with E-state index in [1.165, 1.54) is 22.3 Å². The molecular formula is C25H21N. The summed E-state index contributed by atoms with van der Waals surface area (Å²) in [6.45, 7) is 2.22. The summed E-state index contributed by atoms with van der Waals surface area (Å²) >= 11 is 0. The lowest BCUT2D eigenvalue weighted by Crippen LogP contribution is -1.97. The van der Waals surface area contributed by atoms with Gasteiger partial charge in [-0.3, -0.25) is 4.98 Å². The summed E-state index contributed by atoms with van der Waals surface area (Å²) in [5.41, 5.74) is 7.14. The first kappa shape index (κ1) is 16.3. The summed E-state index contributed by atoms with van der Waals surface area (Å²) in [6.07, 6.45) is 2.00. The fourth-order valence-electron chi connectivity index (χ4n) is 3.26. The molecule has 1 atom stereocenters. The smallest absolute Gasteiger partial charge is 0.0702 e. The van der Waals surface area contributed by atoms with E-state index in [9.17, 15) is 0 Å². The van der Waals surface area contributed by atoms with Gasteiger partial charge in [0.15, 0.2) is 0 Å². The van der Waals surface area contributed by atoms with Crippen LogP contribution in [0, 0.1) is 0 Å². The zero-order valence-corrected chi connectivity index (χ0v) is 14.8. The van der Waals surface area contributed by atoms with Gasteiger partial charge in [0.2, 0.25) is 0 Å². The number of hydrogen-bond acceptors (Lipinski definition) is 1. The third-order valence-corrected chi connectivity index (χ3v) is 4.85. The first-order chi connectivity index (χ1) is 12.8. The number of nitrogens with zero attached hydrogens (tertiary/aromatic N) is 1. The lowest BCUT2D eigenvalue weighted by molar-refractivity contribution is 0.912. The molecule has 0 N–H and O–H groups in total. The molecule has 1 heterocycles. The van der Waals surface area contributed by atoms with E-state index in [-0.39, 0.29) is 0 Å². The van der Waals surface area contributed by atoms with Crippen molar-refractivity contribution < 1.29 is 0 Å². The largest absolute Gasteiger partial charge is 0.256 e. The Kier molecular flexibility index (Phi) is 4.61. The normalized spacial score (nSPS) is 11.9. The van der Waals surface area contributed by atoms with E-state index in [1.54, 1.807) is 0 Å². The maximum absolute atomic E-state index is 4.73. The Balaban J connectivity index is 1.61. The standard InChI is InChI=1S/C25H21N/c1-19(20-9-4-2-5-10-20)24-15-16-25(26-18-24)23-14-8-13-22(17-23)21-11-6-3-7-12-21/h2-19H,1H3. The molecule has 0 aliphatic heterocycles. The van der Waals surface area contributed by atoms with E-state index in [2.05, 4.69) is 97.9 Å². The fourth-order valence-corrected chi connectivity index (χ4v) is 3.26. The van der Waals surface area contributed by atoms with E-state index in [0.29, 0.717) is 5.92 Å². The number of rotatable bonds is 4. The first-order valence-corrected chi connectivity index (χ1v) is 8.98. The van der Waals surface area contributed by atoms with Crippen molar-refractivity contribution >= 4 is 0 Å². The second kappa shape index (κ2) is 7.37. The lowest BCUT2D eigenvalue weighted by atomic mass is 9.94. The summed E-state index contributed by atoms with van der Waals surface area (Å²) in [5, 5.41) is 0. The summed E-state index contributed by atoms with van der Waals surface area (Å²) in [5.74, 6) is 0.341. The molecule has 1 nitrogen and oxygen atoms in total. The maximum Gasteiger partial charge on any atom is 0.0702 e. The number of benzene rings is 3. The van der Waals surface area contributed by atoms with Crippen molar-refractivity contribution in [2.24, 2.45) is 0 Å². The SMILES string of the molecule is CC(c1ccccc1)c1ccc(-c2cccc(-c3ccccc3)c2)nc1. The van der Waals surface area contributed by atoms with Gasteiger partial charge in [-0.05, 0) is 34.4 Å². The molecule has 0 fully saturated rings. The zero-order chi connectivity index (χ0) is 17.8. The summed E-state index contributed by atoms with van der Waals surface area (Å²) in [6, 6.07) is 33.9. The van der Waals surface area contributed by atoms with Crippen molar-refractivity contribution in [2.75, 3.05) is 0 Å². The quantitative estimate of drug-likeness (QED) is 0.411. The van der Waals surface area contributed by atoms with Crippen LogP contribution in [-0.4, -0.2) is 4.98 Å². The minimum absolute atomic E-state index is 0.341. The second-order valence-electron chi connectivity index (χ2n) is 6.56. The van der Waals surface area contributed by atoms with Gasteiger partial charge >= 0.3 is 0 Å². The van der Waals surface area contributed by atoms with Crippen molar-refractivity contribution in [3.8, 4) is 22.4 Å². The van der Waals surface area contributed by atoms with E-state index in [4.69, 9.17) is 4.98 Å². The molecule has 0 saturated heterocycles. The average Bonchev–Trinajstić information content (AvgIpc) is 2.75. The van der Waals surface area contributed by atoms with Gasteiger partial charge in [-0.15, -0.1) is 0 Å². The van der Waals surface area contributed by atoms with Crippen LogP contribution in [0.1, 0.15) is 24.0 Å². The highest BCUT2D eigenvalue weighted by atomic mass is 14.7. The van der Waals surface area contributed by atoms with Crippen molar-refractivity contribution in [3.05, 3.63) is 114 Å². The Labute approximate surface area is 155 Å². The molecule has 0 bridgehead atoms. The van der Waals surface area contributed by atoms with Crippen molar-refractivity contribution in [2.45, 2.75) is 12.8 Å². The predicted molar refractivity (Wildman–Crippen MR) is 109 cm³/mol. The zero-order valence-electron chi connectivity index (χ0n) is 14.8. The number of aromatic nitrogens is 1. The Hall–Kier alpha value is -3.19. The molecular weight excluding hydrogens is 314 g/mol. The van der Waals surface area contributed by atoms with Gasteiger partial charge in [0.05, 0.1) is 5.69 Å². The third kappa shape index (κ3) is 3.43. The maximum atomic E-state index is 4.73. The molecule has 4 aromatic rings. The summed E-state index contributed by atoms with van der Waals surface area (Å²) in [7, 11) is 0. The van der Waals surface area contributed by atoms with Crippen molar-refractivity contribution in [1.82, 2.24) is 4.98 Å². The van der Waals surface area contributed by atoms with Crippen LogP contribution in [0.3, 0.4) is 0 Å². The van der Waals surface area contributed by atoms with Gasteiger partial charge in [-0.25, -0.2) is 0 Å². The van der Waals surface area contributed by atoms with Crippen LogP contribution >= 0.6 is 0 Å². The Bertz CT molecular complexity index is 973. The van der Waals surface area contributed by atoms with Crippen molar-refractivity contribution in [1.29, 1.82) is 0 Å². The predicted octanol–water partition coefficient (Wildman–Crippen LogP) is 6.57. The van der Waals surface area contributed by atoms with Gasteiger partial charge in [0, 0.05) is 17.7 Å². The molecule has 0 aliphatic rings. The highest BCUT2D eigenvalue weighted by Crippen LogP contribution is 2.27. The Morgan fingerprint density at radius 2 is 1.23 bits per heavy atom. The molecule has 0 amide bonds. The Morgan fingerprint density at radius 1 is 0.577 bits per heavy atom. The minimum Gasteiger partial charge on any atom is -0.256 e. The molecule has 4 rings (SSSR count). The van der Waals surface area contributed by atoms with E-state index in [1.807, 2.05) is 12.3 Å². The average molecular weight is 335 g/mol. The van der Waals surface area contributed by atoms with Crippen molar-refractivity contribution in [3.63, 3.8) is 0 Å². The molecule has 0 spiro atoms. The van der Waals surface area contributed by atoms with Crippen LogP contribution in [0.25, 0.3) is 22.4 Å². The van der Waals surface area contributed by atoms with Crippen LogP contribution in [0.2, 0.25) is 0 Å². The number of hydrogen-bond donors (Lipinski definition) is 0. The van der Waals surface area contributed by atoms with Gasteiger partial charge in [0.1, 0.15) is 0 Å². The lowest BCUT2D eigenvalue weighted by Gasteiger charge is -2.13. The number of pyridine rings is 1. The van der Waals surface area contributed by atoms with Crippen LogP contribution in [-0.2, 0) is 0 Å². The molecule has 1 aromatic heterocycles. The molecule has 1 heteroatoms. The second-order valence-corrected chi connectivity index (χ2v) is 6.56. The van der Waals surface area contributed by atoms with Gasteiger partial charge in [0.25, 0.3) is 0 Å². The van der Waals surface area contributed by atoms with Crippen LogP contribution in [0.15, 0.2) is 103 Å². The topological polar surface area (TPSA) is 12.9 Å². The minimum atomic E-state index is 0.341. The van der Waals surface area contributed by atoms with Gasteiger partial charge in [-0.2, -0.15) is 0 Å². The highest BCUT2D eigenvalue weighted by molar-refractivity contribution is 5.71. The summed E-state index contributed by atoms with van der Waals surface area (Å²) < 4.78 is 0.